The van der Waals surface area contributed by atoms with Gasteiger partial charge in [0.2, 0.25) is 5.91 Å². The van der Waals surface area contributed by atoms with E-state index in [2.05, 4.69) is 5.32 Å². The highest BCUT2D eigenvalue weighted by atomic mass is 32.2. The molecule has 1 unspecified atom stereocenters. The summed E-state index contributed by atoms with van der Waals surface area (Å²) < 4.78 is 36.2. The van der Waals surface area contributed by atoms with Gasteiger partial charge < -0.3 is 10.2 Å². The number of anilines is 1. The van der Waals surface area contributed by atoms with Gasteiger partial charge in [0.25, 0.3) is 0 Å². The van der Waals surface area contributed by atoms with E-state index >= 15 is 0 Å². The van der Waals surface area contributed by atoms with Crippen LogP contribution in [0.2, 0.25) is 0 Å². The third kappa shape index (κ3) is 4.25. The van der Waals surface area contributed by atoms with Crippen molar-refractivity contribution in [3.8, 4) is 0 Å². The number of halogens is 1. The first-order valence-corrected chi connectivity index (χ1v) is 10.6. The Morgan fingerprint density at radius 1 is 1.37 bits per heavy atom. The van der Waals surface area contributed by atoms with Crippen molar-refractivity contribution >= 4 is 37.8 Å². The second kappa shape index (κ2) is 7.24. The van der Waals surface area contributed by atoms with Crippen molar-refractivity contribution in [2.24, 2.45) is 0 Å². The summed E-state index contributed by atoms with van der Waals surface area (Å²) in [5.41, 5.74) is 0.400. The molecule has 1 aliphatic heterocycles. The molecule has 1 aromatic carbocycles. The largest absolute Gasteiger partial charge is 0.360 e. The second-order valence-electron chi connectivity index (χ2n) is 6.18. The molecule has 3 rings (SSSR count). The lowest BCUT2D eigenvalue weighted by atomic mass is 10.2. The number of carbonyl (C=O) groups excluding carboxylic acids is 1. The predicted molar refractivity (Wildman–Crippen MR) is 97.9 cm³/mol. The van der Waals surface area contributed by atoms with Crippen molar-refractivity contribution in [2.75, 3.05) is 18.1 Å². The molecular weight excluding hydrogens is 397 g/mol. The van der Waals surface area contributed by atoms with Crippen LogP contribution in [0.3, 0.4) is 0 Å². The fourth-order valence-electron chi connectivity index (χ4n) is 2.78. The van der Waals surface area contributed by atoms with Crippen LogP contribution in [0.4, 0.5) is 15.1 Å². The highest BCUT2D eigenvalue weighted by Gasteiger charge is 2.34. The molecule has 27 heavy (non-hydrogen) atoms. The highest BCUT2D eigenvalue weighted by molar-refractivity contribution is 7.92. The van der Waals surface area contributed by atoms with Crippen LogP contribution in [0.15, 0.2) is 34.5 Å². The Balaban J connectivity index is 1.75. The number of thiophene rings is 1. The van der Waals surface area contributed by atoms with Gasteiger partial charge in [-0.15, -0.1) is 0 Å². The van der Waals surface area contributed by atoms with Gasteiger partial charge in [-0.2, -0.15) is 0 Å². The van der Waals surface area contributed by atoms with Crippen LogP contribution < -0.4 is 5.32 Å². The summed E-state index contributed by atoms with van der Waals surface area (Å²) in [7, 11) is -3.59. The molecule has 1 atom stereocenters. The van der Waals surface area contributed by atoms with Crippen molar-refractivity contribution < 1.29 is 22.5 Å². The molecule has 0 aliphatic carbocycles. The number of sulfone groups is 1. The summed E-state index contributed by atoms with van der Waals surface area (Å²) in [4.78, 5) is 24.7. The molecule has 2 heterocycles. The minimum Gasteiger partial charge on any atom is -0.360 e. The van der Waals surface area contributed by atoms with Crippen molar-refractivity contribution in [2.45, 2.75) is 23.2 Å². The van der Waals surface area contributed by atoms with Gasteiger partial charge in [0.1, 0.15) is 16.1 Å². The molecule has 1 aliphatic rings. The van der Waals surface area contributed by atoms with Crippen molar-refractivity contribution in [3.63, 3.8) is 0 Å². The van der Waals surface area contributed by atoms with Crippen LogP contribution in [0.5, 0.6) is 0 Å². The number of nitro groups is 1. The monoisotopic (exact) mass is 413 g/mol. The normalized spacial score (nSPS) is 17.3. The maximum Gasteiger partial charge on any atom is 0.304 e. The number of likely N-dealkylation sites (tertiary alicyclic amines) is 1. The molecule has 1 amide bonds. The van der Waals surface area contributed by atoms with Gasteiger partial charge in [0.05, 0.1) is 4.92 Å². The van der Waals surface area contributed by atoms with Gasteiger partial charge >= 0.3 is 5.69 Å². The van der Waals surface area contributed by atoms with Crippen LogP contribution >= 0.6 is 11.3 Å². The van der Waals surface area contributed by atoms with Crippen molar-refractivity contribution in [1.29, 1.82) is 0 Å². The van der Waals surface area contributed by atoms with Gasteiger partial charge in [-0.1, -0.05) is 23.5 Å². The number of amides is 1. The van der Waals surface area contributed by atoms with Gasteiger partial charge in [-0.3, -0.25) is 14.9 Å². The van der Waals surface area contributed by atoms with E-state index in [-0.39, 0.29) is 26.6 Å². The van der Waals surface area contributed by atoms with E-state index in [4.69, 9.17) is 0 Å². The fraction of sp³-hybridized carbons (Fsp3) is 0.312. The molecule has 1 saturated heterocycles. The molecule has 2 aromatic rings. The third-order valence-corrected chi connectivity index (χ3v) is 7.00. The van der Waals surface area contributed by atoms with Crippen molar-refractivity contribution in [1.82, 2.24) is 4.90 Å². The topological polar surface area (TPSA) is 110 Å². The number of hydrogen-bond donors (Lipinski definition) is 1. The van der Waals surface area contributed by atoms with E-state index in [0.717, 1.165) is 29.2 Å². The summed E-state index contributed by atoms with van der Waals surface area (Å²) in [5.74, 6) is -0.611. The summed E-state index contributed by atoms with van der Waals surface area (Å²) in [6, 6.07) is 6.12. The van der Waals surface area contributed by atoms with E-state index in [0.29, 0.717) is 19.5 Å². The molecule has 144 valence electrons. The zero-order valence-corrected chi connectivity index (χ0v) is 15.8. The van der Waals surface area contributed by atoms with Crippen LogP contribution in [-0.4, -0.2) is 43.0 Å². The molecule has 0 bridgehead atoms. The van der Waals surface area contributed by atoms with Gasteiger partial charge in [0.15, 0.2) is 14.8 Å². The summed E-state index contributed by atoms with van der Waals surface area (Å²) >= 11 is 0.737. The number of carbonyl (C=O) groups is 1. The van der Waals surface area contributed by atoms with E-state index < -0.39 is 20.8 Å². The first-order valence-electron chi connectivity index (χ1n) is 7.93. The Bertz CT molecular complexity index is 988. The molecule has 11 heteroatoms. The number of rotatable bonds is 6. The lowest BCUT2D eigenvalue weighted by Crippen LogP contribution is -2.33. The number of hydrogen-bond acceptors (Lipinski definition) is 7. The Morgan fingerprint density at radius 2 is 2.04 bits per heavy atom. The van der Waals surface area contributed by atoms with Gasteiger partial charge in [-0.25, -0.2) is 12.8 Å². The van der Waals surface area contributed by atoms with E-state index in [9.17, 15) is 27.7 Å². The molecule has 1 fully saturated rings. The van der Waals surface area contributed by atoms with E-state index in [1.165, 1.54) is 12.1 Å². The van der Waals surface area contributed by atoms with Crippen LogP contribution in [0.1, 0.15) is 12.0 Å². The Labute approximate surface area is 158 Å². The minimum atomic E-state index is -3.59. The van der Waals surface area contributed by atoms with Crippen LogP contribution in [0, 0.1) is 15.9 Å². The second-order valence-corrected chi connectivity index (χ2v) is 9.48. The molecule has 0 saturated carbocycles. The quantitative estimate of drug-likeness (QED) is 0.575. The maximum absolute atomic E-state index is 13.0. The minimum absolute atomic E-state index is 0.0439. The van der Waals surface area contributed by atoms with Gasteiger partial charge in [-0.05, 0) is 24.1 Å². The highest BCUT2D eigenvalue weighted by Crippen LogP contribution is 2.38. The zero-order chi connectivity index (χ0) is 19.8. The Hall–Kier alpha value is -2.53. The number of nitrogens with one attached hydrogen (secondary N) is 1. The Kier molecular flexibility index (Phi) is 5.16. The average Bonchev–Trinajstić information content (AvgIpc) is 3.16. The lowest BCUT2D eigenvalue weighted by Gasteiger charge is -2.17. The molecule has 1 aromatic heterocycles. The molecule has 0 spiro atoms. The standard InChI is InChI=1S/C16H16FN3O5S2/c1-27(24,25)14-8-13(20(22)23)15(26-14)18-12-6-7-19(16(12)21)9-10-2-4-11(17)5-3-10/h2-5,8,12,18H,6-7,9H2,1H3. The Morgan fingerprint density at radius 3 is 2.63 bits per heavy atom. The van der Waals surface area contributed by atoms with E-state index in [1.807, 2.05) is 0 Å². The molecule has 8 nitrogen and oxygen atoms in total. The van der Waals surface area contributed by atoms with Crippen LogP contribution in [-0.2, 0) is 21.2 Å². The smallest absolute Gasteiger partial charge is 0.304 e. The van der Waals surface area contributed by atoms with Crippen LogP contribution in [0.25, 0.3) is 0 Å². The number of nitrogens with zero attached hydrogens (tertiary/aromatic N) is 2. The molecule has 1 N–H and O–H groups in total. The maximum atomic E-state index is 13.0. The lowest BCUT2D eigenvalue weighted by molar-refractivity contribution is -0.383. The SMILES string of the molecule is CS(=O)(=O)c1cc([N+](=O)[O-])c(NC2CCN(Cc3ccc(F)cc3)C2=O)s1. The summed E-state index contributed by atoms with van der Waals surface area (Å²) in [6.45, 7) is 0.740. The first-order chi connectivity index (χ1) is 12.6. The summed E-state index contributed by atoms with van der Waals surface area (Å²) in [6.07, 6.45) is 1.39. The summed E-state index contributed by atoms with van der Waals surface area (Å²) in [5, 5.41) is 14.1. The average molecular weight is 413 g/mol. The predicted octanol–water partition coefficient (Wildman–Crippen LogP) is 2.41. The zero-order valence-electron chi connectivity index (χ0n) is 14.2. The van der Waals surface area contributed by atoms with E-state index in [1.54, 1.807) is 17.0 Å². The molecule has 0 radical (unpaired) electrons. The fourth-order valence-corrected chi connectivity index (χ4v) is 4.77. The third-order valence-electron chi connectivity index (χ3n) is 4.14. The van der Waals surface area contributed by atoms with Crippen molar-refractivity contribution in [3.05, 3.63) is 51.8 Å². The van der Waals surface area contributed by atoms with Gasteiger partial charge in [0, 0.05) is 25.4 Å². The number of benzene rings is 1. The molecular formula is C16H16FN3O5S2. The first kappa shape index (κ1) is 19.2.